The summed E-state index contributed by atoms with van der Waals surface area (Å²) in [6, 6.07) is 17.9. The molecule has 0 atom stereocenters. The summed E-state index contributed by atoms with van der Waals surface area (Å²) in [7, 11) is 3.92. The van der Waals surface area contributed by atoms with Crippen LogP contribution >= 0.6 is 0 Å². The highest BCUT2D eigenvalue weighted by Crippen LogP contribution is 2.21. The molecule has 2 aromatic carbocycles. The molecule has 0 bridgehead atoms. The van der Waals surface area contributed by atoms with Crippen molar-refractivity contribution in [2.75, 3.05) is 19.0 Å². The van der Waals surface area contributed by atoms with Gasteiger partial charge in [0.1, 0.15) is 0 Å². The van der Waals surface area contributed by atoms with Crippen molar-refractivity contribution in [2.24, 2.45) is 0 Å². The lowest BCUT2D eigenvalue weighted by Crippen LogP contribution is -2.16. The van der Waals surface area contributed by atoms with Crippen LogP contribution in [0.5, 0.6) is 0 Å². The second-order valence-electron chi connectivity index (χ2n) is 5.63. The molecule has 3 rings (SSSR count). The smallest absolute Gasteiger partial charge is 0.224 e. The molecule has 1 N–H and O–H groups in total. The lowest BCUT2D eigenvalue weighted by Gasteiger charge is -2.12. The van der Waals surface area contributed by atoms with Gasteiger partial charge in [0.2, 0.25) is 5.95 Å². The fraction of sp³-hybridized carbons (Fsp3) is 0.222. The Morgan fingerprint density at radius 2 is 1.74 bits per heavy atom. The molecule has 5 heteroatoms. The minimum absolute atomic E-state index is 0.0130. The first-order chi connectivity index (χ1) is 11.2. The summed E-state index contributed by atoms with van der Waals surface area (Å²) < 4.78 is 1.90. The molecule has 0 aliphatic carbocycles. The van der Waals surface area contributed by atoms with Crippen molar-refractivity contribution >= 4 is 5.95 Å². The highest BCUT2D eigenvalue weighted by atomic mass is 16.3. The van der Waals surface area contributed by atoms with E-state index < -0.39 is 0 Å². The Kier molecular flexibility index (Phi) is 4.39. The third kappa shape index (κ3) is 3.40. The Balaban J connectivity index is 1.98. The number of nitrogens with zero attached hydrogens (tertiary/aromatic N) is 4. The van der Waals surface area contributed by atoms with E-state index in [1.165, 1.54) is 5.56 Å². The standard InChI is InChI=1S/C18H20N4O/c1-21(2)18-19-17(16-10-6-9-15(11-16)13-23)20-22(18)12-14-7-4-3-5-8-14/h3-11,23H,12-13H2,1-2H3. The molecule has 3 aromatic rings. The Morgan fingerprint density at radius 3 is 2.43 bits per heavy atom. The first-order valence-corrected chi connectivity index (χ1v) is 7.53. The Bertz CT molecular complexity index is 781. The number of anilines is 1. The zero-order valence-corrected chi connectivity index (χ0v) is 13.3. The molecule has 5 nitrogen and oxygen atoms in total. The molecule has 0 unspecified atom stereocenters. The van der Waals surface area contributed by atoms with E-state index in [2.05, 4.69) is 22.2 Å². The second kappa shape index (κ2) is 6.62. The molecule has 0 fully saturated rings. The van der Waals surface area contributed by atoms with E-state index >= 15 is 0 Å². The Hall–Kier alpha value is -2.66. The average Bonchev–Trinajstić information content (AvgIpc) is 3.00. The van der Waals surface area contributed by atoms with Gasteiger partial charge < -0.3 is 10.0 Å². The van der Waals surface area contributed by atoms with Crippen LogP contribution in [0.15, 0.2) is 54.6 Å². The number of benzene rings is 2. The van der Waals surface area contributed by atoms with E-state index in [1.807, 2.05) is 66.1 Å². The zero-order chi connectivity index (χ0) is 16.2. The van der Waals surface area contributed by atoms with Crippen LogP contribution in [0.2, 0.25) is 0 Å². The minimum atomic E-state index is 0.0130. The second-order valence-corrected chi connectivity index (χ2v) is 5.63. The summed E-state index contributed by atoms with van der Waals surface area (Å²) in [5.41, 5.74) is 2.94. The SMILES string of the molecule is CN(C)c1nc(-c2cccc(CO)c2)nn1Cc1ccccc1. The molecular formula is C18H20N4O. The van der Waals surface area contributed by atoms with E-state index in [1.54, 1.807) is 0 Å². The minimum Gasteiger partial charge on any atom is -0.392 e. The number of hydrogen-bond donors (Lipinski definition) is 1. The van der Waals surface area contributed by atoms with Gasteiger partial charge in [0, 0.05) is 19.7 Å². The molecule has 0 spiro atoms. The molecule has 0 aliphatic rings. The van der Waals surface area contributed by atoms with Crippen LogP contribution in [-0.2, 0) is 13.2 Å². The highest BCUT2D eigenvalue weighted by molar-refractivity contribution is 5.57. The fourth-order valence-corrected chi connectivity index (χ4v) is 2.46. The summed E-state index contributed by atoms with van der Waals surface area (Å²) in [5.74, 6) is 1.47. The van der Waals surface area contributed by atoms with Crippen LogP contribution in [0.3, 0.4) is 0 Å². The van der Waals surface area contributed by atoms with Crippen LogP contribution in [0, 0.1) is 0 Å². The van der Waals surface area contributed by atoms with Gasteiger partial charge in [-0.3, -0.25) is 0 Å². The molecule has 0 amide bonds. The maximum absolute atomic E-state index is 9.30. The molecule has 118 valence electrons. The van der Waals surface area contributed by atoms with Crippen LogP contribution in [-0.4, -0.2) is 34.0 Å². The first-order valence-electron chi connectivity index (χ1n) is 7.53. The quantitative estimate of drug-likeness (QED) is 0.787. The predicted molar refractivity (Wildman–Crippen MR) is 91.3 cm³/mol. The Labute approximate surface area is 135 Å². The lowest BCUT2D eigenvalue weighted by atomic mass is 10.1. The predicted octanol–water partition coefficient (Wildman–Crippen LogP) is 2.55. The number of rotatable bonds is 5. The van der Waals surface area contributed by atoms with Gasteiger partial charge in [-0.1, -0.05) is 48.5 Å². The topological polar surface area (TPSA) is 54.2 Å². The van der Waals surface area contributed by atoms with Crippen molar-refractivity contribution in [2.45, 2.75) is 13.2 Å². The Morgan fingerprint density at radius 1 is 1.00 bits per heavy atom. The van der Waals surface area contributed by atoms with Crippen molar-refractivity contribution in [3.05, 3.63) is 65.7 Å². The van der Waals surface area contributed by atoms with Gasteiger partial charge >= 0.3 is 0 Å². The number of hydrogen-bond acceptors (Lipinski definition) is 4. The van der Waals surface area contributed by atoms with Crippen molar-refractivity contribution in [1.29, 1.82) is 0 Å². The van der Waals surface area contributed by atoms with E-state index in [9.17, 15) is 5.11 Å². The van der Waals surface area contributed by atoms with Gasteiger partial charge in [-0.2, -0.15) is 4.98 Å². The van der Waals surface area contributed by atoms with Gasteiger partial charge in [0.25, 0.3) is 0 Å². The van der Waals surface area contributed by atoms with Gasteiger partial charge in [0.15, 0.2) is 5.82 Å². The van der Waals surface area contributed by atoms with Gasteiger partial charge in [-0.15, -0.1) is 5.10 Å². The summed E-state index contributed by atoms with van der Waals surface area (Å²) in [6.45, 7) is 0.681. The molecule has 1 aromatic heterocycles. The lowest BCUT2D eigenvalue weighted by molar-refractivity contribution is 0.282. The van der Waals surface area contributed by atoms with E-state index in [4.69, 9.17) is 0 Å². The summed E-state index contributed by atoms with van der Waals surface area (Å²) in [4.78, 5) is 6.60. The number of aromatic nitrogens is 3. The van der Waals surface area contributed by atoms with Gasteiger partial charge in [0.05, 0.1) is 13.2 Å². The van der Waals surface area contributed by atoms with Crippen molar-refractivity contribution in [3.63, 3.8) is 0 Å². The summed E-state index contributed by atoms with van der Waals surface area (Å²) in [6.07, 6.45) is 0. The summed E-state index contributed by atoms with van der Waals surface area (Å²) >= 11 is 0. The molecule has 0 radical (unpaired) electrons. The van der Waals surface area contributed by atoms with E-state index in [-0.39, 0.29) is 6.61 Å². The van der Waals surface area contributed by atoms with Gasteiger partial charge in [-0.05, 0) is 17.2 Å². The van der Waals surface area contributed by atoms with Crippen LogP contribution in [0.25, 0.3) is 11.4 Å². The number of aliphatic hydroxyl groups excluding tert-OH is 1. The molecule has 23 heavy (non-hydrogen) atoms. The molecule has 1 heterocycles. The van der Waals surface area contributed by atoms with Gasteiger partial charge in [-0.25, -0.2) is 4.68 Å². The molecular weight excluding hydrogens is 288 g/mol. The van der Waals surface area contributed by atoms with Crippen molar-refractivity contribution in [3.8, 4) is 11.4 Å². The third-order valence-corrected chi connectivity index (χ3v) is 3.60. The monoisotopic (exact) mass is 308 g/mol. The fourth-order valence-electron chi connectivity index (χ4n) is 2.46. The van der Waals surface area contributed by atoms with Crippen molar-refractivity contribution in [1.82, 2.24) is 14.8 Å². The third-order valence-electron chi connectivity index (χ3n) is 3.60. The molecule has 0 saturated heterocycles. The maximum atomic E-state index is 9.30. The normalized spacial score (nSPS) is 10.7. The van der Waals surface area contributed by atoms with E-state index in [0.717, 1.165) is 17.1 Å². The van der Waals surface area contributed by atoms with Crippen LogP contribution in [0.1, 0.15) is 11.1 Å². The average molecular weight is 308 g/mol. The molecule has 0 saturated carbocycles. The zero-order valence-electron chi connectivity index (χ0n) is 13.3. The molecule has 0 aliphatic heterocycles. The van der Waals surface area contributed by atoms with Crippen LogP contribution < -0.4 is 4.90 Å². The largest absolute Gasteiger partial charge is 0.392 e. The first kappa shape index (κ1) is 15.2. The maximum Gasteiger partial charge on any atom is 0.224 e. The van der Waals surface area contributed by atoms with Crippen LogP contribution in [0.4, 0.5) is 5.95 Å². The number of aliphatic hydroxyl groups is 1. The van der Waals surface area contributed by atoms with Crippen molar-refractivity contribution < 1.29 is 5.11 Å². The highest BCUT2D eigenvalue weighted by Gasteiger charge is 2.13. The van der Waals surface area contributed by atoms with E-state index in [0.29, 0.717) is 12.4 Å². The summed E-state index contributed by atoms with van der Waals surface area (Å²) in [5, 5.41) is 14.0.